The van der Waals surface area contributed by atoms with Crippen LogP contribution < -0.4 is 16.0 Å². The van der Waals surface area contributed by atoms with Crippen molar-refractivity contribution in [2.75, 3.05) is 13.6 Å². The number of carbonyl (C=O) groups is 1. The predicted molar refractivity (Wildman–Crippen MR) is 119 cm³/mol. The van der Waals surface area contributed by atoms with Gasteiger partial charge in [-0.25, -0.2) is 0 Å². The summed E-state index contributed by atoms with van der Waals surface area (Å²) >= 11 is 3.40. The lowest BCUT2D eigenvalue weighted by Gasteiger charge is -2.17. The molecule has 1 amide bonds. The third kappa shape index (κ3) is 6.15. The van der Waals surface area contributed by atoms with Crippen molar-refractivity contribution >= 4 is 27.5 Å². The Morgan fingerprint density at radius 2 is 1.72 bits per heavy atom. The lowest BCUT2D eigenvalue weighted by Crippen LogP contribution is -2.29. The van der Waals surface area contributed by atoms with E-state index in [0.717, 1.165) is 5.56 Å². The third-order valence-corrected chi connectivity index (χ3v) is 5.02. The van der Waals surface area contributed by atoms with Gasteiger partial charge in [0.15, 0.2) is 0 Å². The maximum atomic E-state index is 12.4. The molecule has 0 saturated heterocycles. The van der Waals surface area contributed by atoms with Gasteiger partial charge in [-0.2, -0.15) is 0 Å². The third-order valence-electron chi connectivity index (χ3n) is 4.15. The molecule has 0 radical (unpaired) electrons. The number of phenols is 2. The molecule has 152 valence electrons. The SMILES string of the molecule is C=C(C(=O)NCCc1ccc(O)cc1)/C(Br)=C(\NC)NC(=C)c1ccccc1O. The molecule has 2 aromatic rings. The van der Waals surface area contributed by atoms with E-state index in [1.807, 2.05) is 0 Å². The fraction of sp³-hybridized carbons (Fsp3) is 0.136. The first-order valence-corrected chi connectivity index (χ1v) is 9.70. The molecule has 0 spiro atoms. The molecule has 0 heterocycles. The molecule has 0 fully saturated rings. The molecule has 0 atom stereocenters. The van der Waals surface area contributed by atoms with Crippen LogP contribution in [0.1, 0.15) is 11.1 Å². The van der Waals surface area contributed by atoms with Gasteiger partial charge in [0.25, 0.3) is 5.91 Å². The number of hydrogen-bond donors (Lipinski definition) is 5. The Hall–Kier alpha value is -3.19. The second-order valence-corrected chi connectivity index (χ2v) is 7.00. The van der Waals surface area contributed by atoms with Crippen LogP contribution in [0.2, 0.25) is 0 Å². The van der Waals surface area contributed by atoms with E-state index in [9.17, 15) is 15.0 Å². The highest BCUT2D eigenvalue weighted by molar-refractivity contribution is 9.12. The van der Waals surface area contributed by atoms with E-state index >= 15 is 0 Å². The largest absolute Gasteiger partial charge is 0.508 e. The summed E-state index contributed by atoms with van der Waals surface area (Å²) in [5, 5.41) is 28.1. The monoisotopic (exact) mass is 457 g/mol. The van der Waals surface area contributed by atoms with Gasteiger partial charge in [0, 0.05) is 30.4 Å². The van der Waals surface area contributed by atoms with Gasteiger partial charge in [-0.15, -0.1) is 0 Å². The van der Waals surface area contributed by atoms with E-state index in [-0.39, 0.29) is 23.0 Å². The van der Waals surface area contributed by atoms with Crippen molar-refractivity contribution < 1.29 is 15.0 Å². The molecule has 29 heavy (non-hydrogen) atoms. The number of amides is 1. The van der Waals surface area contributed by atoms with E-state index in [4.69, 9.17) is 0 Å². The van der Waals surface area contributed by atoms with Gasteiger partial charge in [-0.05, 0) is 52.2 Å². The Morgan fingerprint density at radius 1 is 1.07 bits per heavy atom. The highest BCUT2D eigenvalue weighted by Crippen LogP contribution is 2.24. The summed E-state index contributed by atoms with van der Waals surface area (Å²) in [6.45, 7) is 8.21. The zero-order chi connectivity index (χ0) is 21.4. The van der Waals surface area contributed by atoms with Crippen molar-refractivity contribution in [2.45, 2.75) is 6.42 Å². The number of halogens is 1. The minimum Gasteiger partial charge on any atom is -0.508 e. The summed E-state index contributed by atoms with van der Waals surface area (Å²) in [6, 6.07) is 13.6. The van der Waals surface area contributed by atoms with Gasteiger partial charge >= 0.3 is 0 Å². The molecular formula is C22H24BrN3O3. The molecule has 0 saturated carbocycles. The van der Waals surface area contributed by atoms with E-state index in [1.165, 1.54) is 0 Å². The zero-order valence-electron chi connectivity index (χ0n) is 16.1. The summed E-state index contributed by atoms with van der Waals surface area (Å²) < 4.78 is 0.443. The molecule has 7 heteroatoms. The smallest absolute Gasteiger partial charge is 0.251 e. The van der Waals surface area contributed by atoms with E-state index < -0.39 is 0 Å². The molecule has 0 aliphatic heterocycles. The number of phenolic OH excluding ortho intramolecular Hbond substituents is 2. The number of nitrogens with one attached hydrogen (secondary N) is 3. The van der Waals surface area contributed by atoms with Crippen LogP contribution in [0.3, 0.4) is 0 Å². The lowest BCUT2D eigenvalue weighted by atomic mass is 10.1. The normalized spacial score (nSPS) is 11.2. The van der Waals surface area contributed by atoms with E-state index in [2.05, 4.69) is 45.0 Å². The van der Waals surface area contributed by atoms with Crippen LogP contribution in [-0.2, 0) is 11.2 Å². The number of carbonyl (C=O) groups excluding carboxylic acids is 1. The second-order valence-electron chi connectivity index (χ2n) is 6.21. The predicted octanol–water partition coefficient (Wildman–Crippen LogP) is 3.36. The molecule has 0 aliphatic rings. The molecule has 5 N–H and O–H groups in total. The van der Waals surface area contributed by atoms with E-state index in [1.54, 1.807) is 55.6 Å². The van der Waals surface area contributed by atoms with Crippen molar-refractivity contribution in [3.63, 3.8) is 0 Å². The van der Waals surface area contributed by atoms with Crippen LogP contribution in [0.5, 0.6) is 11.5 Å². The summed E-state index contributed by atoms with van der Waals surface area (Å²) in [5.41, 5.74) is 2.24. The van der Waals surface area contributed by atoms with Crippen molar-refractivity contribution in [1.29, 1.82) is 0 Å². The fourth-order valence-corrected chi connectivity index (χ4v) is 2.99. The molecule has 0 bridgehead atoms. The summed E-state index contributed by atoms with van der Waals surface area (Å²) in [4.78, 5) is 12.4. The quantitative estimate of drug-likeness (QED) is 0.294. The second kappa shape index (κ2) is 10.4. The summed E-state index contributed by atoms with van der Waals surface area (Å²) in [7, 11) is 1.69. The zero-order valence-corrected chi connectivity index (χ0v) is 17.7. The van der Waals surface area contributed by atoms with Gasteiger partial charge in [0.2, 0.25) is 0 Å². The average Bonchev–Trinajstić information content (AvgIpc) is 2.72. The van der Waals surface area contributed by atoms with Crippen LogP contribution in [0.4, 0.5) is 0 Å². The maximum absolute atomic E-state index is 12.4. The first-order valence-electron chi connectivity index (χ1n) is 8.90. The number of para-hydroxylation sites is 1. The highest BCUT2D eigenvalue weighted by atomic mass is 79.9. The van der Waals surface area contributed by atoms with Crippen molar-refractivity contribution in [2.24, 2.45) is 0 Å². The molecule has 2 aromatic carbocycles. The first-order chi connectivity index (χ1) is 13.8. The maximum Gasteiger partial charge on any atom is 0.251 e. The highest BCUT2D eigenvalue weighted by Gasteiger charge is 2.15. The Kier molecular flexibility index (Phi) is 7.91. The van der Waals surface area contributed by atoms with Gasteiger partial charge in [0.05, 0.1) is 4.48 Å². The number of rotatable bonds is 9. The topological polar surface area (TPSA) is 93.6 Å². The molecule has 6 nitrogen and oxygen atoms in total. The average molecular weight is 458 g/mol. The fourth-order valence-electron chi connectivity index (χ4n) is 2.51. The first kappa shape index (κ1) is 22.1. The number of benzene rings is 2. The standard InChI is InChI=1S/C22H24BrN3O3/c1-14(22(29)25-13-12-16-8-10-17(27)11-9-16)20(23)21(24-3)26-15(2)18-6-4-5-7-19(18)28/h4-11,24,26-28H,1-2,12-13H2,3H3,(H,25,29)/b21-20-. The minimum atomic E-state index is -0.321. The van der Waals surface area contributed by atoms with Gasteiger partial charge < -0.3 is 26.2 Å². The van der Waals surface area contributed by atoms with Crippen LogP contribution in [-0.4, -0.2) is 29.7 Å². The van der Waals surface area contributed by atoms with Gasteiger partial charge in [-0.3, -0.25) is 4.79 Å². The van der Waals surface area contributed by atoms with Gasteiger partial charge in [-0.1, -0.05) is 37.4 Å². The Bertz CT molecular complexity index is 937. The molecular weight excluding hydrogens is 434 g/mol. The van der Waals surface area contributed by atoms with Crippen LogP contribution in [0.25, 0.3) is 5.70 Å². The van der Waals surface area contributed by atoms with Crippen molar-refractivity contribution in [1.82, 2.24) is 16.0 Å². The van der Waals surface area contributed by atoms with Gasteiger partial charge in [0.1, 0.15) is 17.3 Å². The number of hydrogen-bond acceptors (Lipinski definition) is 5. The Balaban J connectivity index is 1.99. The molecule has 2 rings (SSSR count). The van der Waals surface area contributed by atoms with E-state index in [0.29, 0.717) is 34.5 Å². The van der Waals surface area contributed by atoms with Crippen molar-refractivity contribution in [3.8, 4) is 11.5 Å². The molecule has 0 aromatic heterocycles. The Morgan fingerprint density at radius 3 is 2.34 bits per heavy atom. The summed E-state index contributed by atoms with van der Waals surface area (Å²) in [5.74, 6) is 0.468. The van der Waals surface area contributed by atoms with Crippen LogP contribution in [0, 0.1) is 0 Å². The minimum absolute atomic E-state index is 0.0994. The lowest BCUT2D eigenvalue weighted by molar-refractivity contribution is -0.117. The summed E-state index contributed by atoms with van der Waals surface area (Å²) in [6.07, 6.45) is 0.627. The van der Waals surface area contributed by atoms with Crippen LogP contribution >= 0.6 is 15.9 Å². The van der Waals surface area contributed by atoms with Crippen LogP contribution in [0.15, 0.2) is 77.6 Å². The molecule has 0 aliphatic carbocycles. The number of aromatic hydroxyl groups is 2. The molecule has 0 unspecified atom stereocenters. The Labute approximate surface area is 178 Å². The van der Waals surface area contributed by atoms with Crippen molar-refractivity contribution in [3.05, 3.63) is 88.7 Å².